The molecule has 292 valence electrons. The van der Waals surface area contributed by atoms with E-state index in [-0.39, 0.29) is 41.7 Å². The lowest BCUT2D eigenvalue weighted by Gasteiger charge is -2.23. The molecule has 5 aliphatic carbocycles. The molecule has 3 amide bonds. The van der Waals surface area contributed by atoms with E-state index < -0.39 is 62.4 Å². The fourth-order valence-electron chi connectivity index (χ4n) is 6.93. The zero-order chi connectivity index (χ0) is 38.8. The van der Waals surface area contributed by atoms with Crippen LogP contribution in [0.2, 0.25) is 5.02 Å². The van der Waals surface area contributed by atoms with Gasteiger partial charge in [-0.05, 0) is 112 Å². The molecule has 0 bridgehead atoms. The summed E-state index contributed by atoms with van der Waals surface area (Å²) in [5, 5.41) is 11.8. The van der Waals surface area contributed by atoms with Crippen LogP contribution in [0.3, 0.4) is 0 Å². The molecule has 1 heterocycles. The van der Waals surface area contributed by atoms with Gasteiger partial charge < -0.3 is 26.0 Å². The highest BCUT2D eigenvalue weighted by molar-refractivity contribution is 7.91. The highest BCUT2D eigenvalue weighted by atomic mass is 35.5. The molecule has 0 saturated heterocycles. The number of ether oxygens (including phenoxy) is 1. The molecule has 14 nitrogen and oxygen atoms in total. The number of halogens is 4. The van der Waals surface area contributed by atoms with Gasteiger partial charge in [0.15, 0.2) is 6.61 Å². The van der Waals surface area contributed by atoms with Crippen molar-refractivity contribution in [1.82, 2.24) is 30.3 Å². The van der Waals surface area contributed by atoms with Crippen LogP contribution in [0.15, 0.2) is 48.5 Å². The van der Waals surface area contributed by atoms with E-state index in [4.69, 9.17) is 16.3 Å². The van der Waals surface area contributed by atoms with E-state index in [0.717, 1.165) is 31.2 Å². The number of amides is 3. The third-order valence-electron chi connectivity index (χ3n) is 10.9. The number of rotatable bonds is 16. The minimum absolute atomic E-state index is 0.00393. The first-order valence-corrected chi connectivity index (χ1v) is 20.0. The van der Waals surface area contributed by atoms with Crippen molar-refractivity contribution in [2.45, 2.75) is 80.3 Å². The second-order valence-electron chi connectivity index (χ2n) is 15.3. The largest absolute Gasteiger partial charge is 0.454 e. The SMILES string of the molecule is O=C(NCC1(C(=O)N[C@]2(C(=O)NS(=O)(=O)C3CC3)C[C@H]2C2CC2)CC1)c1ccc(Nc2nc(NC3(c4ccc(Cl)cc4)CC3)nc(OCC(F)(F)F)n2)cc1. The first-order valence-electron chi connectivity index (χ1n) is 18.1. The molecule has 8 rings (SSSR count). The summed E-state index contributed by atoms with van der Waals surface area (Å²) in [5.74, 6) is -1.48. The zero-order valence-electron chi connectivity index (χ0n) is 29.3. The Balaban J connectivity index is 0.899. The molecule has 5 fully saturated rings. The zero-order valence-corrected chi connectivity index (χ0v) is 30.9. The number of nitrogens with zero attached hydrogens (tertiary/aromatic N) is 3. The van der Waals surface area contributed by atoms with Crippen LogP contribution in [0.5, 0.6) is 6.01 Å². The van der Waals surface area contributed by atoms with Crippen molar-refractivity contribution in [1.29, 1.82) is 0 Å². The van der Waals surface area contributed by atoms with Gasteiger partial charge in [-0.3, -0.25) is 19.1 Å². The average Bonchev–Trinajstić information content (AvgIpc) is 3.94. The van der Waals surface area contributed by atoms with Crippen molar-refractivity contribution in [2.24, 2.45) is 17.3 Å². The number of anilines is 3. The van der Waals surface area contributed by atoms with Crippen molar-refractivity contribution in [2.75, 3.05) is 23.8 Å². The van der Waals surface area contributed by atoms with E-state index in [1.807, 2.05) is 12.1 Å². The van der Waals surface area contributed by atoms with E-state index >= 15 is 0 Å². The van der Waals surface area contributed by atoms with Crippen LogP contribution in [0.25, 0.3) is 0 Å². The quantitative estimate of drug-likeness (QED) is 0.135. The molecule has 0 unspecified atom stereocenters. The van der Waals surface area contributed by atoms with Gasteiger partial charge in [0.05, 0.1) is 16.2 Å². The van der Waals surface area contributed by atoms with E-state index in [2.05, 4.69) is 40.9 Å². The number of carbonyl (C=O) groups is 3. The Labute approximate surface area is 319 Å². The number of sulfonamides is 1. The molecule has 0 aliphatic heterocycles. The van der Waals surface area contributed by atoms with Gasteiger partial charge in [-0.1, -0.05) is 23.7 Å². The standard InChI is InChI=1S/C36H38ClF3N8O6S/c37-23-7-5-22(6-8-23)34(15-16-34)47-31-43-30(44-32(45-31)54-19-36(38,39)40)42-24-9-3-21(4-10-24)27(49)41-18-33(13-14-33)28(50)46-35(17-26(35)20-1-2-20)29(51)48-55(52,53)25-11-12-25/h3-10,20,25-26H,1-2,11-19H2,(H,41,49)(H,46,50)(H,48,51)(H2,42,43,44,45,47)/t26-,35+/m0/s1. The van der Waals surface area contributed by atoms with Crippen LogP contribution in [0.4, 0.5) is 30.8 Å². The third-order valence-corrected chi connectivity index (χ3v) is 13.0. The van der Waals surface area contributed by atoms with Gasteiger partial charge in [0, 0.05) is 22.8 Å². The Hall–Kier alpha value is -4.71. The number of carbonyl (C=O) groups excluding carboxylic acids is 3. The molecule has 0 radical (unpaired) electrons. The van der Waals surface area contributed by atoms with Gasteiger partial charge in [-0.25, -0.2) is 8.42 Å². The summed E-state index contributed by atoms with van der Waals surface area (Å²) in [6, 6.07) is 12.8. The molecule has 3 aromatic rings. The van der Waals surface area contributed by atoms with Crippen molar-refractivity contribution >= 4 is 56.9 Å². The number of hydrogen-bond acceptors (Lipinski definition) is 11. The van der Waals surface area contributed by atoms with Gasteiger partial charge in [0.25, 0.3) is 11.8 Å². The van der Waals surface area contributed by atoms with Crippen LogP contribution in [0, 0.1) is 17.3 Å². The number of alkyl halides is 3. The van der Waals surface area contributed by atoms with E-state index in [1.165, 1.54) is 12.1 Å². The van der Waals surface area contributed by atoms with Gasteiger partial charge in [0.1, 0.15) is 5.54 Å². The van der Waals surface area contributed by atoms with Crippen LogP contribution >= 0.6 is 11.6 Å². The van der Waals surface area contributed by atoms with E-state index in [9.17, 15) is 36.0 Å². The summed E-state index contributed by atoms with van der Waals surface area (Å²) < 4.78 is 71.0. The smallest absolute Gasteiger partial charge is 0.422 e. The maximum Gasteiger partial charge on any atom is 0.422 e. The summed E-state index contributed by atoms with van der Waals surface area (Å²) in [5.41, 5.74) is -1.13. The lowest BCUT2D eigenvalue weighted by atomic mass is 10.0. The average molecular weight is 803 g/mol. The molecule has 0 spiro atoms. The predicted octanol–water partition coefficient (Wildman–Crippen LogP) is 4.71. The van der Waals surface area contributed by atoms with E-state index in [0.29, 0.717) is 42.8 Å². The Kier molecular flexibility index (Phi) is 9.13. The topological polar surface area (TPSA) is 193 Å². The van der Waals surface area contributed by atoms with Crippen LogP contribution < -0.4 is 30.7 Å². The molecule has 5 aliphatic rings. The van der Waals surface area contributed by atoms with E-state index in [1.54, 1.807) is 24.3 Å². The lowest BCUT2D eigenvalue weighted by Crippen LogP contribution is -2.55. The van der Waals surface area contributed by atoms with Gasteiger partial charge >= 0.3 is 12.2 Å². The second kappa shape index (κ2) is 13.5. The Morgan fingerprint density at radius 1 is 0.873 bits per heavy atom. The molecular weight excluding hydrogens is 765 g/mol. The molecule has 5 N–H and O–H groups in total. The molecule has 19 heteroatoms. The molecule has 55 heavy (non-hydrogen) atoms. The number of nitrogens with one attached hydrogen (secondary N) is 5. The Bertz CT molecular complexity index is 2130. The molecule has 2 atom stereocenters. The lowest BCUT2D eigenvalue weighted by molar-refractivity contribution is -0.154. The highest BCUT2D eigenvalue weighted by Gasteiger charge is 2.68. The van der Waals surface area contributed by atoms with Gasteiger partial charge in [-0.15, -0.1) is 0 Å². The number of hydrogen-bond donors (Lipinski definition) is 5. The van der Waals surface area contributed by atoms with Gasteiger partial charge in [0.2, 0.25) is 27.8 Å². The summed E-state index contributed by atoms with van der Waals surface area (Å²) in [6.07, 6.45) is 1.06. The van der Waals surface area contributed by atoms with Crippen molar-refractivity contribution < 1.29 is 40.7 Å². The first kappa shape index (κ1) is 37.2. The fraction of sp³-hybridized carbons (Fsp3) is 0.500. The maximum atomic E-state index is 13.6. The summed E-state index contributed by atoms with van der Waals surface area (Å²) >= 11 is 6.04. The van der Waals surface area contributed by atoms with Crippen molar-refractivity contribution in [3.8, 4) is 6.01 Å². The molecule has 5 saturated carbocycles. The van der Waals surface area contributed by atoms with Crippen LogP contribution in [0.1, 0.15) is 73.7 Å². The first-order chi connectivity index (χ1) is 26.1. The summed E-state index contributed by atoms with van der Waals surface area (Å²) in [6.45, 7) is -1.59. The number of aromatic nitrogens is 3. The van der Waals surface area contributed by atoms with Gasteiger partial charge in [-0.2, -0.15) is 28.1 Å². The highest BCUT2D eigenvalue weighted by Crippen LogP contribution is 2.58. The van der Waals surface area contributed by atoms with Crippen molar-refractivity contribution in [3.63, 3.8) is 0 Å². The monoisotopic (exact) mass is 802 g/mol. The third kappa shape index (κ3) is 8.29. The fourth-order valence-corrected chi connectivity index (χ4v) is 8.42. The summed E-state index contributed by atoms with van der Waals surface area (Å²) in [4.78, 5) is 52.4. The molecular formula is C36H38ClF3N8O6S. The minimum atomic E-state index is -4.62. The number of benzene rings is 2. The Morgan fingerprint density at radius 3 is 2.15 bits per heavy atom. The maximum absolute atomic E-state index is 13.6. The molecule has 2 aromatic carbocycles. The normalized spacial score (nSPS) is 23.2. The van der Waals surface area contributed by atoms with Crippen LogP contribution in [-0.4, -0.2) is 71.2 Å². The second-order valence-corrected chi connectivity index (χ2v) is 17.7. The predicted molar refractivity (Wildman–Crippen MR) is 193 cm³/mol. The minimum Gasteiger partial charge on any atom is -0.454 e. The van der Waals surface area contributed by atoms with Crippen molar-refractivity contribution in [3.05, 3.63) is 64.7 Å². The molecule has 1 aromatic heterocycles. The Morgan fingerprint density at radius 2 is 1.55 bits per heavy atom. The summed E-state index contributed by atoms with van der Waals surface area (Å²) in [7, 11) is -3.78. The van der Waals surface area contributed by atoms with Crippen LogP contribution in [-0.2, 0) is 25.2 Å².